The minimum atomic E-state index is -4.20. The van der Waals surface area contributed by atoms with Gasteiger partial charge in [0.2, 0.25) is 0 Å². The summed E-state index contributed by atoms with van der Waals surface area (Å²) in [5, 5.41) is 0. The first kappa shape index (κ1) is 16.1. The van der Waals surface area contributed by atoms with Crippen molar-refractivity contribution in [2.75, 3.05) is 0 Å². The summed E-state index contributed by atoms with van der Waals surface area (Å²) in [5.74, 6) is 0.524. The molecule has 0 aliphatic rings. The molecular weight excluding hydrogens is 324 g/mol. The summed E-state index contributed by atoms with van der Waals surface area (Å²) in [6.07, 6.45) is -3.68. The summed E-state index contributed by atoms with van der Waals surface area (Å²) < 4.78 is 38.9. The Morgan fingerprint density at radius 2 is 1.75 bits per heavy atom. The van der Waals surface area contributed by atoms with Crippen LogP contribution in [-0.4, -0.2) is 49.5 Å². The summed E-state index contributed by atoms with van der Waals surface area (Å²) >= 11 is 0.715. The van der Waals surface area contributed by atoms with Crippen molar-refractivity contribution in [3.05, 3.63) is 0 Å². The Morgan fingerprint density at radius 1 is 1.31 bits per heavy atom. The van der Waals surface area contributed by atoms with Crippen molar-refractivity contribution in [2.24, 2.45) is 4.99 Å². The van der Waals surface area contributed by atoms with Gasteiger partial charge >= 0.3 is 109 Å². The molecule has 93 valence electrons. The number of alkyl halides is 3. The van der Waals surface area contributed by atoms with Gasteiger partial charge in [0, 0.05) is 0 Å². The maximum absolute atomic E-state index is 12.5. The monoisotopic (exact) mass is 343 g/mol. The summed E-state index contributed by atoms with van der Waals surface area (Å²) in [5.41, 5.74) is -0.342. The number of hydrogen-bond acceptors (Lipinski definition) is 1. The van der Waals surface area contributed by atoms with Gasteiger partial charge in [0.05, 0.1) is 0 Å². The van der Waals surface area contributed by atoms with Crippen LogP contribution in [0.2, 0.25) is 0 Å². The second-order valence-corrected chi connectivity index (χ2v) is 6.02. The van der Waals surface area contributed by atoms with E-state index in [1.165, 1.54) is 10.0 Å². The van der Waals surface area contributed by atoms with Crippen molar-refractivity contribution in [2.45, 2.75) is 58.8 Å². The van der Waals surface area contributed by atoms with Crippen molar-refractivity contribution in [3.63, 3.8) is 0 Å². The summed E-state index contributed by atoms with van der Waals surface area (Å²) in [4.78, 5) is 4.33. The van der Waals surface area contributed by atoms with Gasteiger partial charge in [0.15, 0.2) is 0 Å². The third-order valence-corrected chi connectivity index (χ3v) is 3.76. The summed E-state index contributed by atoms with van der Waals surface area (Å²) in [6, 6.07) is -1.47. The molecule has 1 atom stereocenters. The van der Waals surface area contributed by atoms with Gasteiger partial charge in [0.1, 0.15) is 0 Å². The zero-order valence-electron chi connectivity index (χ0n) is 10.3. The van der Waals surface area contributed by atoms with Gasteiger partial charge in [-0.1, -0.05) is 0 Å². The van der Waals surface area contributed by atoms with Crippen LogP contribution in [0.15, 0.2) is 4.99 Å². The molecule has 16 heavy (non-hydrogen) atoms. The number of nitrogens with zero attached hydrogens (tertiary/aromatic N) is 2. The molecule has 0 bridgehead atoms. The number of amidine groups is 1. The third kappa shape index (κ3) is 5.41. The van der Waals surface area contributed by atoms with E-state index in [1.807, 2.05) is 27.7 Å². The quantitative estimate of drug-likeness (QED) is 0.428. The van der Waals surface area contributed by atoms with Crippen LogP contribution < -0.4 is 0 Å². The predicted molar refractivity (Wildman–Crippen MR) is 60.6 cm³/mol. The molecule has 3 radical (unpaired) electrons. The van der Waals surface area contributed by atoms with E-state index in [0.29, 0.717) is 35.1 Å². The molecule has 2 nitrogen and oxygen atoms in total. The molecular formula is C10H18F3N2Sn. The van der Waals surface area contributed by atoms with E-state index < -0.39 is 12.2 Å². The van der Waals surface area contributed by atoms with E-state index in [4.69, 9.17) is 0 Å². The minimum absolute atomic E-state index is 0.342. The molecule has 0 heterocycles. The molecule has 0 aromatic carbocycles. The molecule has 0 aliphatic carbocycles. The van der Waals surface area contributed by atoms with Crippen molar-refractivity contribution in [3.8, 4) is 0 Å². The topological polar surface area (TPSA) is 15.6 Å². The predicted octanol–water partition coefficient (Wildman–Crippen LogP) is 2.93. The molecule has 0 spiro atoms. The van der Waals surface area contributed by atoms with Crippen molar-refractivity contribution >= 4 is 28.6 Å². The number of rotatable bonds is 2. The molecule has 1 unspecified atom stereocenters. The average molecular weight is 342 g/mol. The molecule has 0 aromatic rings. The van der Waals surface area contributed by atoms with Crippen LogP contribution in [0.1, 0.15) is 41.0 Å². The molecule has 0 aromatic heterocycles. The van der Waals surface area contributed by atoms with Crippen molar-refractivity contribution < 1.29 is 13.2 Å². The van der Waals surface area contributed by atoms with Gasteiger partial charge in [-0.2, -0.15) is 0 Å². The van der Waals surface area contributed by atoms with Gasteiger partial charge in [0.25, 0.3) is 0 Å². The number of halogens is 3. The van der Waals surface area contributed by atoms with Gasteiger partial charge in [-0.05, 0) is 0 Å². The maximum atomic E-state index is 12.5. The Kier molecular flexibility index (Phi) is 5.62. The Labute approximate surface area is 109 Å². The first-order valence-corrected chi connectivity index (χ1v) is 6.42. The normalized spacial score (nSPS) is 16.2. The third-order valence-electron chi connectivity index (χ3n) is 1.92. The second kappa shape index (κ2) is 5.60. The van der Waals surface area contributed by atoms with Crippen molar-refractivity contribution in [1.82, 2.24) is 3.12 Å². The van der Waals surface area contributed by atoms with Crippen LogP contribution in [0.3, 0.4) is 0 Å². The second-order valence-electron chi connectivity index (χ2n) is 4.64. The fraction of sp³-hybridized carbons (Fsp3) is 0.900. The van der Waals surface area contributed by atoms with Gasteiger partial charge in [-0.15, -0.1) is 0 Å². The van der Waals surface area contributed by atoms with E-state index in [9.17, 15) is 13.2 Å². The first-order chi connectivity index (χ1) is 6.99. The molecule has 0 N–H and O–H groups in total. The molecule has 0 rings (SSSR count). The fourth-order valence-electron chi connectivity index (χ4n) is 1.06. The van der Waals surface area contributed by atoms with Crippen LogP contribution in [0.5, 0.6) is 0 Å². The molecule has 6 heteroatoms. The molecule has 0 fully saturated rings. The van der Waals surface area contributed by atoms with Crippen LogP contribution in [-0.2, 0) is 0 Å². The van der Waals surface area contributed by atoms with Gasteiger partial charge in [-0.25, -0.2) is 0 Å². The zero-order chi connectivity index (χ0) is 13.1. The Balaban J connectivity index is 4.94. The van der Waals surface area contributed by atoms with Crippen LogP contribution in [0.25, 0.3) is 0 Å². The van der Waals surface area contributed by atoms with E-state index >= 15 is 0 Å². The van der Waals surface area contributed by atoms with E-state index in [-0.39, 0.29) is 5.54 Å². The molecule has 0 amide bonds. The van der Waals surface area contributed by atoms with E-state index in [0.717, 1.165) is 0 Å². The summed E-state index contributed by atoms with van der Waals surface area (Å²) in [6.45, 7) is 8.63. The molecule has 0 saturated carbocycles. The average Bonchev–Trinajstić information content (AvgIpc) is 2.08. The standard InChI is InChI=1S/C10H18F3N2.Sn/c1-6-8(15-9(3,4)5)14-7(2)10(11,12)13;/h7H,6H2,1-5H3;/q-1;+1. The van der Waals surface area contributed by atoms with Crippen LogP contribution in [0.4, 0.5) is 13.2 Å². The number of aliphatic imine (C=N–C) groups is 1. The van der Waals surface area contributed by atoms with Crippen LogP contribution in [0, 0.1) is 0 Å². The Bertz CT molecular complexity index is 256. The number of hydrogen-bond donors (Lipinski definition) is 0. The summed E-state index contributed by atoms with van der Waals surface area (Å²) in [7, 11) is 0. The Hall–Kier alpha value is 0.0587. The van der Waals surface area contributed by atoms with E-state index in [2.05, 4.69) is 4.99 Å². The molecule has 0 saturated heterocycles. The van der Waals surface area contributed by atoms with Crippen LogP contribution >= 0.6 is 0 Å². The fourth-order valence-corrected chi connectivity index (χ4v) is 2.07. The zero-order valence-corrected chi connectivity index (χ0v) is 13.2. The van der Waals surface area contributed by atoms with Gasteiger partial charge in [-0.3, -0.25) is 0 Å². The van der Waals surface area contributed by atoms with Crippen molar-refractivity contribution in [1.29, 1.82) is 0 Å². The first-order valence-electron chi connectivity index (χ1n) is 5.15. The molecule has 0 aliphatic heterocycles. The Morgan fingerprint density at radius 3 is 2.00 bits per heavy atom. The van der Waals surface area contributed by atoms with Gasteiger partial charge < -0.3 is 0 Å². The van der Waals surface area contributed by atoms with E-state index in [1.54, 1.807) is 0 Å². The SMILES string of the molecule is CCC(=NC(C)(C)C)[N]([Sn])C(C)C(F)(F)F.